The lowest BCUT2D eigenvalue weighted by molar-refractivity contribution is -0.131. The highest BCUT2D eigenvalue weighted by Gasteiger charge is 2.33. The van der Waals surface area contributed by atoms with E-state index in [4.69, 9.17) is 17.0 Å². The zero-order valence-corrected chi connectivity index (χ0v) is 18.2. The number of carbonyl (C=O) groups excluding carboxylic acids is 1. The van der Waals surface area contributed by atoms with Gasteiger partial charge in [0.2, 0.25) is 5.91 Å². The number of benzene rings is 1. The van der Waals surface area contributed by atoms with Gasteiger partial charge in [0.1, 0.15) is 5.75 Å². The van der Waals surface area contributed by atoms with Crippen molar-refractivity contribution in [3.05, 3.63) is 24.3 Å². The third kappa shape index (κ3) is 4.87. The van der Waals surface area contributed by atoms with Gasteiger partial charge >= 0.3 is 0 Å². The van der Waals surface area contributed by atoms with Crippen molar-refractivity contribution in [2.45, 2.75) is 45.2 Å². The van der Waals surface area contributed by atoms with Crippen LogP contribution in [0.5, 0.6) is 5.75 Å². The molecule has 0 unspecified atom stereocenters. The number of nitrogens with zero attached hydrogens (tertiary/aromatic N) is 3. The minimum absolute atomic E-state index is 0.0226. The fourth-order valence-electron chi connectivity index (χ4n) is 4.16. The Morgan fingerprint density at radius 2 is 1.86 bits per heavy atom. The van der Waals surface area contributed by atoms with Crippen molar-refractivity contribution in [3.63, 3.8) is 0 Å². The van der Waals surface area contributed by atoms with Gasteiger partial charge in [0.05, 0.1) is 7.11 Å². The van der Waals surface area contributed by atoms with E-state index in [1.54, 1.807) is 7.11 Å². The van der Waals surface area contributed by atoms with E-state index >= 15 is 0 Å². The first-order chi connectivity index (χ1) is 13.3. The van der Waals surface area contributed by atoms with E-state index in [1.165, 1.54) is 5.69 Å². The Morgan fingerprint density at radius 1 is 1.21 bits per heavy atom. The number of amides is 1. The smallest absolute Gasteiger partial charge is 0.224 e. The lowest BCUT2D eigenvalue weighted by Gasteiger charge is -2.45. The maximum atomic E-state index is 12.7. The monoisotopic (exact) mass is 404 g/mol. The molecule has 0 radical (unpaired) electrons. The molecule has 154 valence electrons. The SMILES string of the molecule is COc1ccc(N2CCN(C(=O)CCN3C(=S)NC(C)(C)C[C@H]3C)CC2)cc1. The molecule has 1 atom stereocenters. The molecule has 1 amide bonds. The average molecular weight is 405 g/mol. The third-order valence-corrected chi connectivity index (χ3v) is 6.02. The van der Waals surface area contributed by atoms with Gasteiger partial charge in [-0.2, -0.15) is 0 Å². The van der Waals surface area contributed by atoms with Crippen LogP contribution < -0.4 is 15.0 Å². The Hall–Kier alpha value is -2.02. The van der Waals surface area contributed by atoms with Gasteiger partial charge < -0.3 is 24.8 Å². The van der Waals surface area contributed by atoms with Crippen molar-refractivity contribution >= 4 is 28.9 Å². The number of piperazine rings is 1. The van der Waals surface area contributed by atoms with Crippen LogP contribution in [0, 0.1) is 0 Å². The Kier molecular flexibility index (Phi) is 6.33. The molecule has 3 rings (SSSR count). The second-order valence-electron chi connectivity index (χ2n) is 8.38. The standard InChI is InChI=1S/C21H32N4O2S/c1-16-15-21(2,3)22-20(28)25(16)10-9-19(26)24-13-11-23(12-14-24)17-5-7-18(27-4)8-6-17/h5-8,16H,9-15H2,1-4H3,(H,22,28)/t16-/m1/s1. The van der Waals surface area contributed by atoms with Crippen molar-refractivity contribution in [1.29, 1.82) is 0 Å². The summed E-state index contributed by atoms with van der Waals surface area (Å²) in [5.41, 5.74) is 1.20. The molecule has 7 heteroatoms. The van der Waals surface area contributed by atoms with Crippen LogP contribution >= 0.6 is 12.2 Å². The van der Waals surface area contributed by atoms with Crippen molar-refractivity contribution in [2.24, 2.45) is 0 Å². The maximum absolute atomic E-state index is 12.7. The van der Waals surface area contributed by atoms with Crippen molar-refractivity contribution in [3.8, 4) is 5.75 Å². The number of ether oxygens (including phenoxy) is 1. The molecule has 0 bridgehead atoms. The van der Waals surface area contributed by atoms with Gasteiger partial charge in [0, 0.05) is 56.4 Å². The lowest BCUT2D eigenvalue weighted by atomic mass is 9.93. The van der Waals surface area contributed by atoms with Crippen LogP contribution in [0.2, 0.25) is 0 Å². The van der Waals surface area contributed by atoms with E-state index in [-0.39, 0.29) is 11.4 Å². The van der Waals surface area contributed by atoms with Gasteiger partial charge in [0.25, 0.3) is 0 Å². The van der Waals surface area contributed by atoms with Gasteiger partial charge in [-0.25, -0.2) is 0 Å². The largest absolute Gasteiger partial charge is 0.497 e. The molecular formula is C21H32N4O2S. The highest BCUT2D eigenvalue weighted by atomic mass is 32.1. The van der Waals surface area contributed by atoms with E-state index < -0.39 is 0 Å². The molecule has 2 fully saturated rings. The number of methoxy groups -OCH3 is 1. The van der Waals surface area contributed by atoms with Crippen LogP contribution in [-0.4, -0.2) is 72.2 Å². The summed E-state index contributed by atoms with van der Waals surface area (Å²) >= 11 is 5.52. The number of thiocarbonyl (C=S) groups is 1. The molecule has 6 nitrogen and oxygen atoms in total. The van der Waals surface area contributed by atoms with Gasteiger partial charge in [-0.05, 0) is 63.7 Å². The van der Waals surface area contributed by atoms with Crippen molar-refractivity contribution in [2.75, 3.05) is 44.7 Å². The Labute approximate surface area is 173 Å². The second-order valence-corrected chi connectivity index (χ2v) is 8.76. The first-order valence-electron chi connectivity index (χ1n) is 10.0. The summed E-state index contributed by atoms with van der Waals surface area (Å²) in [6.07, 6.45) is 1.52. The molecule has 0 aliphatic carbocycles. The Bertz CT molecular complexity index is 699. The highest BCUT2D eigenvalue weighted by molar-refractivity contribution is 7.80. The normalized spacial score (nSPS) is 22.1. The summed E-state index contributed by atoms with van der Waals surface area (Å²) in [5.74, 6) is 1.08. The summed E-state index contributed by atoms with van der Waals surface area (Å²) in [6.45, 7) is 10.4. The molecule has 0 saturated carbocycles. The van der Waals surface area contributed by atoms with Crippen LogP contribution in [0.1, 0.15) is 33.6 Å². The van der Waals surface area contributed by atoms with Crippen molar-refractivity contribution in [1.82, 2.24) is 15.1 Å². The molecule has 1 aromatic rings. The molecule has 1 N–H and O–H groups in total. The number of hydrogen-bond donors (Lipinski definition) is 1. The number of nitrogens with one attached hydrogen (secondary N) is 1. The van der Waals surface area contributed by atoms with Crippen LogP contribution in [0.25, 0.3) is 0 Å². The van der Waals surface area contributed by atoms with E-state index in [9.17, 15) is 4.79 Å². The van der Waals surface area contributed by atoms with Crippen LogP contribution in [0.15, 0.2) is 24.3 Å². The minimum Gasteiger partial charge on any atom is -0.497 e. The van der Waals surface area contributed by atoms with Crippen LogP contribution in [-0.2, 0) is 4.79 Å². The minimum atomic E-state index is 0.0226. The number of anilines is 1. The molecule has 0 aromatic heterocycles. The summed E-state index contributed by atoms with van der Waals surface area (Å²) in [5, 5.41) is 4.15. The average Bonchev–Trinajstić information content (AvgIpc) is 2.66. The predicted molar refractivity (Wildman–Crippen MR) is 117 cm³/mol. The quantitative estimate of drug-likeness (QED) is 0.761. The number of rotatable bonds is 5. The highest BCUT2D eigenvalue weighted by Crippen LogP contribution is 2.23. The Morgan fingerprint density at radius 3 is 2.43 bits per heavy atom. The molecule has 2 aliphatic heterocycles. The molecule has 2 saturated heterocycles. The lowest BCUT2D eigenvalue weighted by Crippen LogP contribution is -2.60. The fourth-order valence-corrected chi connectivity index (χ4v) is 4.71. The molecule has 0 spiro atoms. The molecule has 28 heavy (non-hydrogen) atoms. The van der Waals surface area contributed by atoms with Crippen LogP contribution in [0.3, 0.4) is 0 Å². The first kappa shape index (κ1) is 20.7. The van der Waals surface area contributed by atoms with E-state index in [0.717, 1.165) is 43.5 Å². The van der Waals surface area contributed by atoms with E-state index in [0.29, 0.717) is 19.0 Å². The van der Waals surface area contributed by atoms with E-state index in [2.05, 4.69) is 48.0 Å². The molecule has 2 aliphatic rings. The van der Waals surface area contributed by atoms with Crippen LogP contribution in [0.4, 0.5) is 5.69 Å². The van der Waals surface area contributed by atoms with Gasteiger partial charge in [-0.15, -0.1) is 0 Å². The summed E-state index contributed by atoms with van der Waals surface area (Å²) in [4.78, 5) is 19.2. The van der Waals surface area contributed by atoms with E-state index in [1.807, 2.05) is 17.0 Å². The van der Waals surface area contributed by atoms with Gasteiger partial charge in [0.15, 0.2) is 5.11 Å². The summed E-state index contributed by atoms with van der Waals surface area (Å²) in [6, 6.07) is 8.45. The van der Waals surface area contributed by atoms with Gasteiger partial charge in [-0.1, -0.05) is 0 Å². The second kappa shape index (κ2) is 8.55. The molecular weight excluding hydrogens is 372 g/mol. The molecule has 1 aromatic carbocycles. The topological polar surface area (TPSA) is 48.1 Å². The fraction of sp³-hybridized carbons (Fsp3) is 0.619. The first-order valence-corrected chi connectivity index (χ1v) is 10.5. The van der Waals surface area contributed by atoms with Gasteiger partial charge in [-0.3, -0.25) is 4.79 Å². The third-order valence-electron chi connectivity index (χ3n) is 5.68. The predicted octanol–water partition coefficient (Wildman–Crippen LogP) is 2.48. The zero-order chi connectivity index (χ0) is 20.3. The van der Waals surface area contributed by atoms with Crippen molar-refractivity contribution < 1.29 is 9.53 Å². The Balaban J connectivity index is 1.47. The maximum Gasteiger partial charge on any atom is 0.224 e. The molecule has 2 heterocycles. The summed E-state index contributed by atoms with van der Waals surface area (Å²) < 4.78 is 5.22. The number of carbonyl (C=O) groups is 1. The zero-order valence-electron chi connectivity index (χ0n) is 17.4. The summed E-state index contributed by atoms with van der Waals surface area (Å²) in [7, 11) is 1.67. The number of hydrogen-bond acceptors (Lipinski definition) is 4.